The number of aromatic nitrogens is 1. The summed E-state index contributed by atoms with van der Waals surface area (Å²) in [7, 11) is 0. The summed E-state index contributed by atoms with van der Waals surface area (Å²) in [4.78, 5) is 30.5. The van der Waals surface area contributed by atoms with Gasteiger partial charge in [-0.05, 0) is 48.9 Å². The van der Waals surface area contributed by atoms with Crippen LogP contribution in [0.4, 0.5) is 5.69 Å². The van der Waals surface area contributed by atoms with E-state index in [0.717, 1.165) is 20.8 Å². The fraction of sp³-hybridized carbons (Fsp3) is 0.318. The Balaban J connectivity index is 1.42. The van der Waals surface area contributed by atoms with Gasteiger partial charge in [0.1, 0.15) is 11.0 Å². The van der Waals surface area contributed by atoms with E-state index < -0.39 is 12.0 Å². The van der Waals surface area contributed by atoms with E-state index in [-0.39, 0.29) is 12.3 Å². The van der Waals surface area contributed by atoms with Gasteiger partial charge in [-0.2, -0.15) is 0 Å². The van der Waals surface area contributed by atoms with Crippen LogP contribution in [0.3, 0.4) is 0 Å². The number of nitrogens with zero attached hydrogens (tertiary/aromatic N) is 2. The lowest BCUT2D eigenvalue weighted by atomic mass is 10.1. The summed E-state index contributed by atoms with van der Waals surface area (Å²) in [5.74, 6) is -1.31. The summed E-state index contributed by atoms with van der Waals surface area (Å²) in [5, 5.41) is 13.2. The molecule has 0 radical (unpaired) electrons. The number of hydrogen-bond donors (Lipinski definition) is 2. The molecule has 2 heterocycles. The van der Waals surface area contributed by atoms with Gasteiger partial charge in [0.25, 0.3) is 0 Å². The van der Waals surface area contributed by atoms with Crippen LogP contribution in [-0.2, 0) is 14.3 Å². The number of aryl methyl sites for hydroxylation is 1. The molecule has 4 rings (SSSR count). The van der Waals surface area contributed by atoms with E-state index in [1.54, 1.807) is 16.2 Å². The summed E-state index contributed by atoms with van der Waals surface area (Å²) < 4.78 is 6.41. The van der Waals surface area contributed by atoms with Crippen molar-refractivity contribution in [3.05, 3.63) is 48.0 Å². The van der Waals surface area contributed by atoms with Crippen molar-refractivity contribution in [3.63, 3.8) is 0 Å². The van der Waals surface area contributed by atoms with Crippen molar-refractivity contribution >= 4 is 39.1 Å². The van der Waals surface area contributed by atoms with Crippen LogP contribution in [0.2, 0.25) is 0 Å². The lowest BCUT2D eigenvalue weighted by Gasteiger charge is -2.31. The third-order valence-corrected chi connectivity index (χ3v) is 6.18. The highest BCUT2D eigenvalue weighted by molar-refractivity contribution is 7.21. The van der Waals surface area contributed by atoms with Crippen molar-refractivity contribution in [1.29, 1.82) is 0 Å². The Morgan fingerprint density at radius 2 is 1.93 bits per heavy atom. The van der Waals surface area contributed by atoms with Gasteiger partial charge in [-0.25, -0.2) is 4.98 Å². The van der Waals surface area contributed by atoms with Gasteiger partial charge in [-0.15, -0.1) is 11.3 Å². The Bertz CT molecular complexity index is 1060. The zero-order valence-corrected chi connectivity index (χ0v) is 17.4. The van der Waals surface area contributed by atoms with Crippen LogP contribution >= 0.6 is 11.3 Å². The first-order valence-corrected chi connectivity index (χ1v) is 10.6. The number of ether oxygens (including phenoxy) is 1. The van der Waals surface area contributed by atoms with Crippen molar-refractivity contribution in [2.24, 2.45) is 0 Å². The Hall–Kier alpha value is -2.81. The molecule has 1 fully saturated rings. The van der Waals surface area contributed by atoms with Gasteiger partial charge in [-0.3, -0.25) is 14.5 Å². The van der Waals surface area contributed by atoms with Crippen molar-refractivity contribution in [1.82, 2.24) is 9.88 Å². The van der Waals surface area contributed by atoms with Gasteiger partial charge in [0, 0.05) is 24.3 Å². The zero-order valence-electron chi connectivity index (χ0n) is 16.6. The number of rotatable bonds is 6. The number of carbonyl (C=O) groups is 2. The maximum absolute atomic E-state index is 12.4. The van der Waals surface area contributed by atoms with E-state index >= 15 is 0 Å². The average molecular weight is 426 g/mol. The standard InChI is InChI=1S/C22H23N3O4S/c1-14-2-7-17-19(12-14)30-21(24-17)15-3-5-16(6-4-15)23-20(26)13-18(22(27)28)25-8-10-29-11-9-25/h2-7,12,18H,8-11,13H2,1H3,(H,23,26)(H,27,28). The molecule has 8 heteroatoms. The van der Waals surface area contributed by atoms with E-state index in [4.69, 9.17) is 4.74 Å². The van der Waals surface area contributed by atoms with Crippen LogP contribution in [0.15, 0.2) is 42.5 Å². The monoisotopic (exact) mass is 425 g/mol. The normalized spacial score (nSPS) is 15.8. The smallest absolute Gasteiger partial charge is 0.321 e. The number of anilines is 1. The Morgan fingerprint density at radius 3 is 2.63 bits per heavy atom. The number of nitrogens with one attached hydrogen (secondary N) is 1. The first-order valence-electron chi connectivity index (χ1n) is 9.82. The molecule has 1 aliphatic heterocycles. The highest BCUT2D eigenvalue weighted by Crippen LogP contribution is 2.31. The van der Waals surface area contributed by atoms with Crippen molar-refractivity contribution in [3.8, 4) is 10.6 Å². The number of amides is 1. The van der Waals surface area contributed by atoms with Crippen molar-refractivity contribution < 1.29 is 19.4 Å². The highest BCUT2D eigenvalue weighted by atomic mass is 32.1. The SMILES string of the molecule is Cc1ccc2nc(-c3ccc(NC(=O)CC(C(=O)O)N4CCOCC4)cc3)sc2c1. The van der Waals surface area contributed by atoms with Gasteiger partial charge in [0.2, 0.25) is 5.91 Å². The van der Waals surface area contributed by atoms with Crippen LogP contribution < -0.4 is 5.32 Å². The number of hydrogen-bond acceptors (Lipinski definition) is 6. The number of aliphatic carboxylic acids is 1. The summed E-state index contributed by atoms with van der Waals surface area (Å²) >= 11 is 1.63. The Labute approximate surface area is 178 Å². The molecule has 0 saturated carbocycles. The first kappa shape index (κ1) is 20.5. The van der Waals surface area contributed by atoms with Crippen LogP contribution in [0.5, 0.6) is 0 Å². The van der Waals surface area contributed by atoms with E-state index in [1.807, 2.05) is 36.4 Å². The molecule has 1 amide bonds. The molecule has 0 aliphatic carbocycles. The molecule has 0 bridgehead atoms. The number of carbonyl (C=O) groups excluding carboxylic acids is 1. The molecule has 1 unspecified atom stereocenters. The molecule has 3 aromatic rings. The molecule has 1 aliphatic rings. The number of benzene rings is 2. The van der Waals surface area contributed by atoms with Gasteiger partial charge in [0.05, 0.1) is 29.9 Å². The van der Waals surface area contributed by atoms with Crippen molar-refractivity contribution in [2.45, 2.75) is 19.4 Å². The van der Waals surface area contributed by atoms with Gasteiger partial charge >= 0.3 is 5.97 Å². The summed E-state index contributed by atoms with van der Waals surface area (Å²) in [6.07, 6.45) is -0.103. The quantitative estimate of drug-likeness (QED) is 0.629. The maximum atomic E-state index is 12.4. The predicted molar refractivity (Wildman–Crippen MR) is 117 cm³/mol. The van der Waals surface area contributed by atoms with E-state index in [0.29, 0.717) is 32.0 Å². The largest absolute Gasteiger partial charge is 0.480 e. The first-order chi connectivity index (χ1) is 14.5. The number of fused-ring (bicyclic) bond motifs is 1. The fourth-order valence-corrected chi connectivity index (χ4v) is 4.57. The lowest BCUT2D eigenvalue weighted by molar-refractivity contribution is -0.147. The van der Waals surface area contributed by atoms with Gasteiger partial charge in [0.15, 0.2) is 0 Å². The molecule has 7 nitrogen and oxygen atoms in total. The third-order valence-electron chi connectivity index (χ3n) is 5.11. The number of carboxylic acid groups (broad SMARTS) is 1. The minimum absolute atomic E-state index is 0.103. The molecule has 1 atom stereocenters. The third kappa shape index (κ3) is 4.67. The maximum Gasteiger partial charge on any atom is 0.321 e. The zero-order chi connectivity index (χ0) is 21.1. The molecule has 2 N–H and O–H groups in total. The van der Waals surface area contributed by atoms with Crippen molar-refractivity contribution in [2.75, 3.05) is 31.6 Å². The van der Waals surface area contributed by atoms with Crippen LogP contribution in [-0.4, -0.2) is 59.2 Å². The second-order valence-corrected chi connectivity index (χ2v) is 8.35. The molecule has 156 valence electrons. The molecule has 2 aromatic carbocycles. The Morgan fingerprint density at radius 1 is 1.20 bits per heavy atom. The van der Waals surface area contributed by atoms with E-state index in [1.165, 1.54) is 5.56 Å². The minimum Gasteiger partial charge on any atom is -0.480 e. The topological polar surface area (TPSA) is 91.8 Å². The number of thiazole rings is 1. The molecular weight excluding hydrogens is 402 g/mol. The summed E-state index contributed by atoms with van der Waals surface area (Å²) in [6, 6.07) is 12.8. The van der Waals surface area contributed by atoms with Crippen LogP contribution in [0.1, 0.15) is 12.0 Å². The summed E-state index contributed by atoms with van der Waals surface area (Å²) in [5.41, 5.74) is 3.78. The number of morpholine rings is 1. The average Bonchev–Trinajstić information content (AvgIpc) is 3.16. The Kier molecular flexibility index (Phi) is 6.08. The van der Waals surface area contributed by atoms with Crippen LogP contribution in [0.25, 0.3) is 20.8 Å². The molecule has 1 saturated heterocycles. The van der Waals surface area contributed by atoms with Crippen LogP contribution in [0, 0.1) is 6.92 Å². The number of carboxylic acids is 1. The second-order valence-electron chi connectivity index (χ2n) is 7.32. The molecule has 0 spiro atoms. The van der Waals surface area contributed by atoms with E-state index in [2.05, 4.69) is 23.3 Å². The lowest BCUT2D eigenvalue weighted by Crippen LogP contribution is -2.48. The van der Waals surface area contributed by atoms with Gasteiger partial charge in [-0.1, -0.05) is 6.07 Å². The second kappa shape index (κ2) is 8.91. The summed E-state index contributed by atoms with van der Waals surface area (Å²) in [6.45, 7) is 4.06. The highest BCUT2D eigenvalue weighted by Gasteiger charge is 2.29. The fourth-order valence-electron chi connectivity index (χ4n) is 3.50. The predicted octanol–water partition coefficient (Wildman–Crippen LogP) is 3.39. The minimum atomic E-state index is -0.992. The molecule has 30 heavy (non-hydrogen) atoms. The molecular formula is C22H23N3O4S. The van der Waals surface area contributed by atoms with Gasteiger partial charge < -0.3 is 15.2 Å². The van der Waals surface area contributed by atoms with E-state index in [9.17, 15) is 14.7 Å². The molecule has 1 aromatic heterocycles.